The summed E-state index contributed by atoms with van der Waals surface area (Å²) in [5, 5.41) is 23.9. The number of nitrogens with two attached hydrogens (primary N) is 1. The highest BCUT2D eigenvalue weighted by molar-refractivity contribution is 5.56. The van der Waals surface area contributed by atoms with Crippen molar-refractivity contribution in [3.63, 3.8) is 0 Å². The number of rotatable bonds is 5. The third kappa shape index (κ3) is 2.55. The number of para-hydroxylation sites is 2. The largest absolute Gasteiger partial charge is 0.396 e. The van der Waals surface area contributed by atoms with Crippen molar-refractivity contribution in [2.45, 2.75) is 12.8 Å². The molecule has 100 valence electrons. The molecule has 0 amide bonds. The van der Waals surface area contributed by atoms with E-state index in [0.717, 1.165) is 5.56 Å². The molecule has 7 nitrogen and oxygen atoms in total. The summed E-state index contributed by atoms with van der Waals surface area (Å²) < 4.78 is 1.35. The first kappa shape index (κ1) is 13.0. The lowest BCUT2D eigenvalue weighted by Crippen LogP contribution is -2.06. The topological polar surface area (TPSA) is 107 Å². The number of anilines is 1. The highest BCUT2D eigenvalue weighted by Gasteiger charge is 2.18. The molecule has 0 radical (unpaired) electrons. The van der Waals surface area contributed by atoms with Crippen LogP contribution in [0.3, 0.4) is 0 Å². The monoisotopic (exact) mass is 262 g/mol. The van der Waals surface area contributed by atoms with Gasteiger partial charge in [-0.3, -0.25) is 10.1 Å². The van der Waals surface area contributed by atoms with Crippen molar-refractivity contribution in [1.29, 1.82) is 0 Å². The standard InChI is InChI=1S/C12H14N4O3/c13-12-9(4-3-7-17)8-14-15(12)10-5-1-2-6-11(10)16(18)19/h1-2,5-6,8,17H,3-4,7,13H2. The van der Waals surface area contributed by atoms with Gasteiger partial charge < -0.3 is 10.8 Å². The number of aliphatic hydroxyl groups is 1. The van der Waals surface area contributed by atoms with Crippen molar-refractivity contribution in [3.05, 3.63) is 46.1 Å². The van der Waals surface area contributed by atoms with E-state index in [2.05, 4.69) is 5.10 Å². The lowest BCUT2D eigenvalue weighted by Gasteiger charge is -2.05. The van der Waals surface area contributed by atoms with Gasteiger partial charge in [-0.25, -0.2) is 4.68 Å². The number of aliphatic hydroxyl groups excluding tert-OH is 1. The highest BCUT2D eigenvalue weighted by Crippen LogP contribution is 2.25. The minimum atomic E-state index is -0.468. The number of nitrogens with zero attached hydrogens (tertiary/aromatic N) is 3. The zero-order valence-corrected chi connectivity index (χ0v) is 10.2. The van der Waals surface area contributed by atoms with E-state index in [1.807, 2.05) is 0 Å². The lowest BCUT2D eigenvalue weighted by atomic mass is 10.2. The van der Waals surface area contributed by atoms with Gasteiger partial charge in [-0.1, -0.05) is 12.1 Å². The van der Waals surface area contributed by atoms with Crippen LogP contribution < -0.4 is 5.73 Å². The van der Waals surface area contributed by atoms with Crippen LogP contribution in [-0.4, -0.2) is 26.4 Å². The van der Waals surface area contributed by atoms with E-state index in [-0.39, 0.29) is 12.3 Å². The predicted molar refractivity (Wildman–Crippen MR) is 70.0 cm³/mol. The molecule has 0 fully saturated rings. The number of nitro benzene ring substituents is 1. The summed E-state index contributed by atoms with van der Waals surface area (Å²) in [7, 11) is 0. The molecular weight excluding hydrogens is 248 g/mol. The lowest BCUT2D eigenvalue weighted by molar-refractivity contribution is -0.384. The maximum atomic E-state index is 11.0. The Hall–Kier alpha value is -2.41. The van der Waals surface area contributed by atoms with Crippen LogP contribution in [0.2, 0.25) is 0 Å². The molecule has 0 aliphatic rings. The van der Waals surface area contributed by atoms with Gasteiger partial charge in [0.2, 0.25) is 0 Å². The fourth-order valence-corrected chi connectivity index (χ4v) is 1.84. The fraction of sp³-hybridized carbons (Fsp3) is 0.250. The molecule has 0 atom stereocenters. The van der Waals surface area contributed by atoms with Crippen molar-refractivity contribution in [2.75, 3.05) is 12.3 Å². The second kappa shape index (κ2) is 5.49. The van der Waals surface area contributed by atoms with Crippen molar-refractivity contribution in [3.8, 4) is 5.69 Å². The molecule has 1 heterocycles. The van der Waals surface area contributed by atoms with Crippen LogP contribution in [-0.2, 0) is 6.42 Å². The van der Waals surface area contributed by atoms with Crippen LogP contribution >= 0.6 is 0 Å². The highest BCUT2D eigenvalue weighted by atomic mass is 16.6. The summed E-state index contributed by atoms with van der Waals surface area (Å²) >= 11 is 0. The molecule has 0 unspecified atom stereocenters. The molecule has 0 aliphatic heterocycles. The average Bonchev–Trinajstić information content (AvgIpc) is 2.77. The zero-order valence-electron chi connectivity index (χ0n) is 10.2. The van der Waals surface area contributed by atoms with Gasteiger partial charge in [0.25, 0.3) is 5.69 Å². The van der Waals surface area contributed by atoms with Crippen molar-refractivity contribution < 1.29 is 10.0 Å². The number of nitrogen functional groups attached to an aromatic ring is 1. The quantitative estimate of drug-likeness (QED) is 0.623. The molecule has 0 saturated heterocycles. The molecule has 2 aromatic rings. The Bertz CT molecular complexity index is 594. The summed E-state index contributed by atoms with van der Waals surface area (Å²) in [5.74, 6) is 0.364. The Morgan fingerprint density at radius 2 is 2.16 bits per heavy atom. The third-order valence-corrected chi connectivity index (χ3v) is 2.80. The molecule has 0 spiro atoms. The van der Waals surface area contributed by atoms with Crippen LogP contribution in [0.4, 0.5) is 11.5 Å². The van der Waals surface area contributed by atoms with Gasteiger partial charge in [0, 0.05) is 18.2 Å². The van der Waals surface area contributed by atoms with E-state index in [1.165, 1.54) is 10.7 Å². The van der Waals surface area contributed by atoms with Gasteiger partial charge in [-0.15, -0.1) is 0 Å². The van der Waals surface area contributed by atoms with Gasteiger partial charge in [0.05, 0.1) is 11.1 Å². The third-order valence-electron chi connectivity index (χ3n) is 2.80. The minimum Gasteiger partial charge on any atom is -0.396 e. The normalized spacial score (nSPS) is 10.6. The number of hydrogen-bond acceptors (Lipinski definition) is 5. The first-order valence-electron chi connectivity index (χ1n) is 5.82. The first-order valence-corrected chi connectivity index (χ1v) is 5.82. The Morgan fingerprint density at radius 1 is 1.42 bits per heavy atom. The van der Waals surface area contributed by atoms with Gasteiger partial charge in [-0.2, -0.15) is 5.10 Å². The van der Waals surface area contributed by atoms with Gasteiger partial charge in [-0.05, 0) is 18.9 Å². The summed E-state index contributed by atoms with van der Waals surface area (Å²) in [6, 6.07) is 6.28. The second-order valence-corrected chi connectivity index (χ2v) is 4.04. The number of benzene rings is 1. The van der Waals surface area contributed by atoms with E-state index >= 15 is 0 Å². The first-order chi connectivity index (χ1) is 9.15. The van der Waals surface area contributed by atoms with E-state index in [1.54, 1.807) is 24.4 Å². The molecule has 19 heavy (non-hydrogen) atoms. The van der Waals surface area contributed by atoms with Gasteiger partial charge in [0.1, 0.15) is 11.5 Å². The molecule has 0 aliphatic carbocycles. The predicted octanol–water partition coefficient (Wildman–Crippen LogP) is 1.29. The summed E-state index contributed by atoms with van der Waals surface area (Å²) in [4.78, 5) is 10.5. The molecule has 0 saturated carbocycles. The Labute approximate surface area is 109 Å². The Morgan fingerprint density at radius 3 is 2.84 bits per heavy atom. The van der Waals surface area contributed by atoms with Crippen LogP contribution in [0.5, 0.6) is 0 Å². The molecule has 1 aromatic heterocycles. The van der Waals surface area contributed by atoms with Crippen molar-refractivity contribution in [1.82, 2.24) is 9.78 Å². The molecule has 1 aromatic carbocycles. The zero-order chi connectivity index (χ0) is 13.8. The Kier molecular flexibility index (Phi) is 3.76. The molecular formula is C12H14N4O3. The molecule has 2 rings (SSSR count). The number of aryl methyl sites for hydroxylation is 1. The summed E-state index contributed by atoms with van der Waals surface area (Å²) in [6.45, 7) is 0.0656. The number of hydrogen-bond donors (Lipinski definition) is 2. The van der Waals surface area contributed by atoms with Crippen molar-refractivity contribution >= 4 is 11.5 Å². The average molecular weight is 262 g/mol. The van der Waals surface area contributed by atoms with E-state index in [4.69, 9.17) is 10.8 Å². The van der Waals surface area contributed by atoms with Gasteiger partial charge in [0.15, 0.2) is 0 Å². The molecule has 0 bridgehead atoms. The minimum absolute atomic E-state index is 0.0500. The number of nitro groups is 1. The summed E-state index contributed by atoms with van der Waals surface area (Å²) in [5.41, 5.74) is 7.00. The number of aromatic nitrogens is 2. The second-order valence-electron chi connectivity index (χ2n) is 4.04. The maximum Gasteiger partial charge on any atom is 0.294 e. The van der Waals surface area contributed by atoms with Crippen molar-refractivity contribution in [2.24, 2.45) is 0 Å². The van der Waals surface area contributed by atoms with Crippen LogP contribution in [0.15, 0.2) is 30.5 Å². The molecule has 3 N–H and O–H groups in total. The Balaban J connectivity index is 2.43. The maximum absolute atomic E-state index is 11.0. The van der Waals surface area contributed by atoms with Crippen LogP contribution in [0.1, 0.15) is 12.0 Å². The van der Waals surface area contributed by atoms with Gasteiger partial charge >= 0.3 is 0 Å². The van der Waals surface area contributed by atoms with E-state index in [0.29, 0.717) is 24.3 Å². The summed E-state index contributed by atoms with van der Waals surface area (Å²) in [6.07, 6.45) is 2.73. The van der Waals surface area contributed by atoms with E-state index in [9.17, 15) is 10.1 Å². The molecule has 7 heteroatoms. The smallest absolute Gasteiger partial charge is 0.294 e. The SMILES string of the molecule is Nc1c(CCCO)cnn1-c1ccccc1[N+](=O)[O-]. The fourth-order valence-electron chi connectivity index (χ4n) is 1.84. The van der Waals surface area contributed by atoms with Crippen LogP contribution in [0, 0.1) is 10.1 Å². The van der Waals surface area contributed by atoms with E-state index < -0.39 is 4.92 Å². The van der Waals surface area contributed by atoms with Crippen LogP contribution in [0.25, 0.3) is 5.69 Å².